The van der Waals surface area contributed by atoms with E-state index >= 15 is 0 Å². The largest absolute Gasteiger partial charge is 0.481 e. The van der Waals surface area contributed by atoms with Crippen molar-refractivity contribution in [2.75, 3.05) is 13.7 Å². The summed E-state index contributed by atoms with van der Waals surface area (Å²) < 4.78 is 16.5. The normalized spacial score (nSPS) is 20.0. The van der Waals surface area contributed by atoms with Crippen molar-refractivity contribution in [2.45, 2.75) is 64.2 Å². The predicted octanol–water partition coefficient (Wildman–Crippen LogP) is 3.64. The van der Waals surface area contributed by atoms with E-state index in [1.165, 1.54) is 0 Å². The van der Waals surface area contributed by atoms with Gasteiger partial charge in [-0.25, -0.2) is 9.78 Å². The molecule has 0 spiro atoms. The Morgan fingerprint density at radius 1 is 1.29 bits per heavy atom. The molecule has 0 saturated carbocycles. The summed E-state index contributed by atoms with van der Waals surface area (Å²) in [6.45, 7) is 6.07. The van der Waals surface area contributed by atoms with E-state index in [0.29, 0.717) is 12.5 Å². The average Bonchev–Trinajstić information content (AvgIpc) is 2.65. The number of hydrogen-bond acceptors (Lipinski definition) is 6. The highest BCUT2D eigenvalue weighted by Gasteiger charge is 2.25. The number of amides is 1. The quantitative estimate of drug-likeness (QED) is 0.843. The van der Waals surface area contributed by atoms with Gasteiger partial charge in [0.2, 0.25) is 5.88 Å². The Morgan fingerprint density at radius 2 is 2.11 bits per heavy atom. The summed E-state index contributed by atoms with van der Waals surface area (Å²) >= 11 is 0. The Kier molecular flexibility index (Phi) is 6.34. The number of hydrogen-bond donors (Lipinski definition) is 1. The lowest BCUT2D eigenvalue weighted by Crippen LogP contribution is -2.44. The Bertz CT molecular complexity index is 811. The minimum atomic E-state index is -0.494. The van der Waals surface area contributed by atoms with Crippen molar-refractivity contribution < 1.29 is 19.0 Å². The van der Waals surface area contributed by atoms with Crippen molar-refractivity contribution in [2.24, 2.45) is 0 Å². The lowest BCUT2D eigenvalue weighted by Gasteiger charge is -2.30. The van der Waals surface area contributed by atoms with Crippen molar-refractivity contribution >= 4 is 17.1 Å². The number of carbonyl (C=O) groups excluding carboxylic acids is 1. The lowest BCUT2D eigenvalue weighted by atomic mass is 9.99. The number of fused-ring (bicyclic) bond motifs is 1. The molecule has 2 aromatic rings. The number of pyridine rings is 2. The second kappa shape index (κ2) is 8.73. The first-order valence-corrected chi connectivity index (χ1v) is 9.74. The summed E-state index contributed by atoms with van der Waals surface area (Å²) in [5, 5.41) is 2.89. The molecule has 3 heterocycles. The molecule has 0 unspecified atom stereocenters. The van der Waals surface area contributed by atoms with E-state index < -0.39 is 5.60 Å². The highest BCUT2D eigenvalue weighted by atomic mass is 16.6. The molecule has 152 valence electrons. The maximum Gasteiger partial charge on any atom is 0.407 e. The average molecular weight is 387 g/mol. The van der Waals surface area contributed by atoms with E-state index in [-0.39, 0.29) is 18.2 Å². The number of aryl methyl sites for hydroxylation is 1. The molecule has 1 aliphatic rings. The number of carbonyl (C=O) groups is 1. The van der Waals surface area contributed by atoms with Crippen LogP contribution in [0, 0.1) is 0 Å². The van der Waals surface area contributed by atoms with Gasteiger partial charge in [0, 0.05) is 12.3 Å². The van der Waals surface area contributed by atoms with Crippen LogP contribution in [0.3, 0.4) is 0 Å². The van der Waals surface area contributed by atoms with E-state index in [2.05, 4.69) is 15.3 Å². The molecule has 3 rings (SSSR count). The molecular weight excluding hydrogens is 358 g/mol. The molecular formula is C21H29N3O4. The van der Waals surface area contributed by atoms with Gasteiger partial charge in [-0.15, -0.1) is 0 Å². The summed E-state index contributed by atoms with van der Waals surface area (Å²) in [5.74, 6) is 0.590. The molecule has 1 N–H and O–H groups in total. The van der Waals surface area contributed by atoms with Gasteiger partial charge >= 0.3 is 6.09 Å². The van der Waals surface area contributed by atoms with Crippen molar-refractivity contribution in [1.29, 1.82) is 0 Å². The van der Waals surface area contributed by atoms with Crippen LogP contribution in [0.15, 0.2) is 24.4 Å². The monoisotopic (exact) mass is 387 g/mol. The van der Waals surface area contributed by atoms with Gasteiger partial charge in [0.05, 0.1) is 36.9 Å². The zero-order valence-corrected chi connectivity index (χ0v) is 17.0. The van der Waals surface area contributed by atoms with Gasteiger partial charge in [0.1, 0.15) is 5.60 Å². The molecule has 0 aliphatic carbocycles. The van der Waals surface area contributed by atoms with Crippen molar-refractivity contribution in [3.05, 3.63) is 30.0 Å². The van der Waals surface area contributed by atoms with Gasteiger partial charge < -0.3 is 19.5 Å². The highest BCUT2D eigenvalue weighted by molar-refractivity contribution is 5.78. The Hall–Kier alpha value is -2.41. The second-order valence-electron chi connectivity index (χ2n) is 8.11. The summed E-state index contributed by atoms with van der Waals surface area (Å²) in [6.07, 6.45) is 5.14. The standard InChI is InChI=1S/C21H29N3O4/c1-21(2,3)28-20(25)23-15-6-8-16(27-13-15)7-5-14-11-12-22-17-9-10-18(26-4)24-19(14)17/h9-12,15-16H,5-8,13H2,1-4H3,(H,23,25)/t15-,16-/m1/s1. The van der Waals surface area contributed by atoms with Gasteiger partial charge in [-0.3, -0.25) is 4.98 Å². The van der Waals surface area contributed by atoms with Crippen LogP contribution >= 0.6 is 0 Å². The van der Waals surface area contributed by atoms with Crippen molar-refractivity contribution in [3.63, 3.8) is 0 Å². The molecule has 7 heteroatoms. The number of methoxy groups -OCH3 is 1. The molecule has 1 fully saturated rings. The number of rotatable bonds is 5. The molecule has 2 aromatic heterocycles. The Morgan fingerprint density at radius 3 is 2.79 bits per heavy atom. The van der Waals surface area contributed by atoms with Crippen LogP contribution < -0.4 is 10.1 Å². The van der Waals surface area contributed by atoms with E-state index in [1.54, 1.807) is 7.11 Å². The smallest absolute Gasteiger partial charge is 0.407 e. The fraction of sp³-hybridized carbons (Fsp3) is 0.571. The topological polar surface area (TPSA) is 82.6 Å². The van der Waals surface area contributed by atoms with Crippen LogP contribution in [-0.4, -0.2) is 47.5 Å². The summed E-state index contributed by atoms with van der Waals surface area (Å²) in [5.41, 5.74) is 2.39. The molecule has 1 saturated heterocycles. The van der Waals surface area contributed by atoms with E-state index in [1.807, 2.05) is 45.2 Å². The van der Waals surface area contributed by atoms with Crippen LogP contribution in [0.25, 0.3) is 11.0 Å². The van der Waals surface area contributed by atoms with Gasteiger partial charge in [-0.2, -0.15) is 0 Å². The minimum Gasteiger partial charge on any atom is -0.481 e. The number of nitrogens with one attached hydrogen (secondary N) is 1. The van der Waals surface area contributed by atoms with Crippen molar-refractivity contribution in [1.82, 2.24) is 15.3 Å². The molecule has 1 amide bonds. The number of nitrogens with zero attached hydrogens (tertiary/aromatic N) is 2. The number of alkyl carbamates (subject to hydrolysis) is 1. The third-order valence-electron chi connectivity index (χ3n) is 4.68. The van der Waals surface area contributed by atoms with Crippen LogP contribution in [0.2, 0.25) is 0 Å². The SMILES string of the molecule is COc1ccc2nccc(CC[C@@H]3CC[C@@H](NC(=O)OC(C)(C)C)CO3)c2n1. The summed E-state index contributed by atoms with van der Waals surface area (Å²) in [6, 6.07) is 5.75. The third-order valence-corrected chi connectivity index (χ3v) is 4.68. The first kappa shape index (κ1) is 20.3. The second-order valence-corrected chi connectivity index (χ2v) is 8.11. The summed E-state index contributed by atoms with van der Waals surface area (Å²) in [7, 11) is 1.61. The zero-order valence-electron chi connectivity index (χ0n) is 17.0. The minimum absolute atomic E-state index is 0.00113. The maximum atomic E-state index is 11.9. The fourth-order valence-electron chi connectivity index (χ4n) is 3.31. The van der Waals surface area contributed by atoms with Gasteiger partial charge in [-0.05, 0) is 64.2 Å². The molecule has 2 atom stereocenters. The van der Waals surface area contributed by atoms with E-state index in [9.17, 15) is 4.79 Å². The van der Waals surface area contributed by atoms with Crippen LogP contribution in [-0.2, 0) is 15.9 Å². The molecule has 0 aromatic carbocycles. The zero-order chi connectivity index (χ0) is 20.1. The molecule has 1 aliphatic heterocycles. The Balaban J connectivity index is 1.51. The van der Waals surface area contributed by atoms with Gasteiger partial charge in [0.25, 0.3) is 0 Å². The first-order chi connectivity index (χ1) is 13.3. The first-order valence-electron chi connectivity index (χ1n) is 9.74. The predicted molar refractivity (Wildman–Crippen MR) is 107 cm³/mol. The van der Waals surface area contributed by atoms with Gasteiger partial charge in [0.15, 0.2) is 0 Å². The Labute approximate surface area is 165 Å². The van der Waals surface area contributed by atoms with E-state index in [0.717, 1.165) is 42.3 Å². The van der Waals surface area contributed by atoms with E-state index in [4.69, 9.17) is 14.2 Å². The maximum absolute atomic E-state index is 11.9. The summed E-state index contributed by atoms with van der Waals surface area (Å²) in [4.78, 5) is 20.8. The van der Waals surface area contributed by atoms with Crippen LogP contribution in [0.5, 0.6) is 5.88 Å². The molecule has 0 radical (unpaired) electrons. The molecule has 0 bridgehead atoms. The number of ether oxygens (including phenoxy) is 3. The third kappa shape index (κ3) is 5.55. The molecule has 7 nitrogen and oxygen atoms in total. The lowest BCUT2D eigenvalue weighted by molar-refractivity contribution is -0.0114. The van der Waals surface area contributed by atoms with Gasteiger partial charge in [-0.1, -0.05) is 0 Å². The number of aromatic nitrogens is 2. The van der Waals surface area contributed by atoms with Crippen LogP contribution in [0.4, 0.5) is 4.79 Å². The fourth-order valence-corrected chi connectivity index (χ4v) is 3.31. The van der Waals surface area contributed by atoms with Crippen molar-refractivity contribution in [3.8, 4) is 5.88 Å². The van der Waals surface area contributed by atoms with Crippen LogP contribution in [0.1, 0.15) is 45.6 Å². The molecule has 28 heavy (non-hydrogen) atoms. The highest BCUT2D eigenvalue weighted by Crippen LogP contribution is 2.23.